The Labute approximate surface area is 149 Å². The minimum absolute atomic E-state index is 0.219. The number of aromatic nitrogens is 3. The summed E-state index contributed by atoms with van der Waals surface area (Å²) in [7, 11) is 1.68. The van der Waals surface area contributed by atoms with Crippen molar-refractivity contribution in [1.29, 1.82) is 0 Å². The molecule has 3 aromatic rings. The fourth-order valence-electron chi connectivity index (χ4n) is 2.45. The number of halogens is 1. The molecule has 0 fully saturated rings. The van der Waals surface area contributed by atoms with Gasteiger partial charge in [0, 0.05) is 29.7 Å². The zero-order valence-electron chi connectivity index (χ0n) is 13.6. The Morgan fingerprint density at radius 3 is 2.48 bits per heavy atom. The van der Waals surface area contributed by atoms with E-state index in [2.05, 4.69) is 10.4 Å². The van der Waals surface area contributed by atoms with Crippen molar-refractivity contribution in [1.82, 2.24) is 19.7 Å². The van der Waals surface area contributed by atoms with E-state index in [1.165, 1.54) is 9.25 Å². The van der Waals surface area contributed by atoms with Gasteiger partial charge in [0.1, 0.15) is 0 Å². The SMILES string of the molecule is Cn1c(-c2ccccc2)nn(CCNC(=O)c2ccc(Cl)cc2)c1=O. The molecular weight excluding hydrogens is 340 g/mol. The molecule has 6 nitrogen and oxygen atoms in total. The second-order valence-corrected chi connectivity index (χ2v) is 5.95. The monoisotopic (exact) mass is 356 g/mol. The minimum atomic E-state index is -0.223. The number of hydrogen-bond donors (Lipinski definition) is 1. The van der Waals surface area contributed by atoms with Gasteiger partial charge in [-0.15, -0.1) is 5.10 Å². The number of amides is 1. The largest absolute Gasteiger partial charge is 0.350 e. The molecule has 3 rings (SSSR count). The van der Waals surface area contributed by atoms with Crippen molar-refractivity contribution >= 4 is 17.5 Å². The van der Waals surface area contributed by atoms with Gasteiger partial charge in [-0.2, -0.15) is 0 Å². The number of rotatable bonds is 5. The Morgan fingerprint density at radius 1 is 1.12 bits per heavy atom. The normalized spacial score (nSPS) is 10.6. The molecule has 0 aliphatic carbocycles. The lowest BCUT2D eigenvalue weighted by atomic mass is 10.2. The smallest absolute Gasteiger partial charge is 0.345 e. The van der Waals surface area contributed by atoms with Crippen LogP contribution in [0.2, 0.25) is 5.02 Å². The van der Waals surface area contributed by atoms with Crippen molar-refractivity contribution in [2.45, 2.75) is 6.54 Å². The Bertz CT molecular complexity index is 930. The molecule has 0 atom stereocenters. The topological polar surface area (TPSA) is 68.9 Å². The van der Waals surface area contributed by atoms with Crippen LogP contribution >= 0.6 is 11.6 Å². The van der Waals surface area contributed by atoms with E-state index in [0.29, 0.717) is 29.5 Å². The molecule has 1 aromatic heterocycles. The maximum Gasteiger partial charge on any atom is 0.345 e. The second-order valence-electron chi connectivity index (χ2n) is 5.52. The van der Waals surface area contributed by atoms with Gasteiger partial charge < -0.3 is 5.32 Å². The summed E-state index contributed by atoms with van der Waals surface area (Å²) in [6.45, 7) is 0.589. The van der Waals surface area contributed by atoms with E-state index in [4.69, 9.17) is 11.6 Å². The second kappa shape index (κ2) is 7.36. The molecule has 0 unspecified atom stereocenters. The molecule has 0 saturated carbocycles. The summed E-state index contributed by atoms with van der Waals surface area (Å²) in [5.74, 6) is 0.374. The number of carbonyl (C=O) groups is 1. The average Bonchev–Trinajstić information content (AvgIpc) is 2.91. The number of hydrogen-bond acceptors (Lipinski definition) is 3. The summed E-state index contributed by atoms with van der Waals surface area (Å²) < 4.78 is 2.85. The lowest BCUT2D eigenvalue weighted by Gasteiger charge is -2.05. The first kappa shape index (κ1) is 17.0. The molecule has 1 amide bonds. The van der Waals surface area contributed by atoms with Gasteiger partial charge in [0.15, 0.2) is 5.82 Å². The highest BCUT2D eigenvalue weighted by molar-refractivity contribution is 6.30. The van der Waals surface area contributed by atoms with Crippen molar-refractivity contribution in [3.8, 4) is 11.4 Å². The average molecular weight is 357 g/mol. The molecule has 0 radical (unpaired) electrons. The summed E-state index contributed by atoms with van der Waals surface area (Å²) >= 11 is 5.81. The van der Waals surface area contributed by atoms with E-state index in [1.54, 1.807) is 31.3 Å². The van der Waals surface area contributed by atoms with E-state index in [0.717, 1.165) is 5.56 Å². The highest BCUT2D eigenvalue weighted by Crippen LogP contribution is 2.13. The molecule has 1 N–H and O–H groups in total. The lowest BCUT2D eigenvalue weighted by molar-refractivity contribution is 0.0952. The molecule has 0 aliphatic heterocycles. The maximum absolute atomic E-state index is 12.3. The summed E-state index contributed by atoms with van der Waals surface area (Å²) in [6.07, 6.45) is 0. The van der Waals surface area contributed by atoms with Gasteiger partial charge in [-0.1, -0.05) is 41.9 Å². The molecule has 0 bridgehead atoms. The minimum Gasteiger partial charge on any atom is -0.350 e. The Balaban J connectivity index is 1.67. The van der Waals surface area contributed by atoms with Gasteiger partial charge in [-0.25, -0.2) is 9.48 Å². The van der Waals surface area contributed by atoms with E-state index in [9.17, 15) is 9.59 Å². The fourth-order valence-corrected chi connectivity index (χ4v) is 2.58. The summed E-state index contributed by atoms with van der Waals surface area (Å²) in [5, 5.41) is 7.70. The van der Waals surface area contributed by atoms with Gasteiger partial charge in [-0.3, -0.25) is 9.36 Å². The number of nitrogens with zero attached hydrogens (tertiary/aromatic N) is 3. The first-order valence-electron chi connectivity index (χ1n) is 7.79. The Hall–Kier alpha value is -2.86. The number of nitrogens with one attached hydrogen (secondary N) is 1. The summed E-state index contributed by atoms with van der Waals surface area (Å²) in [5.41, 5.74) is 1.16. The molecule has 0 saturated heterocycles. The predicted octanol–water partition coefficient (Wildman–Crippen LogP) is 2.33. The van der Waals surface area contributed by atoms with Crippen molar-refractivity contribution in [2.24, 2.45) is 7.05 Å². The van der Waals surface area contributed by atoms with Crippen LogP contribution in [0.25, 0.3) is 11.4 Å². The predicted molar refractivity (Wildman–Crippen MR) is 96.7 cm³/mol. The molecule has 0 spiro atoms. The zero-order chi connectivity index (χ0) is 17.8. The number of benzene rings is 2. The van der Waals surface area contributed by atoms with Crippen LogP contribution in [-0.4, -0.2) is 26.8 Å². The Morgan fingerprint density at radius 2 is 1.80 bits per heavy atom. The molecule has 7 heteroatoms. The van der Waals surface area contributed by atoms with Gasteiger partial charge >= 0.3 is 5.69 Å². The lowest BCUT2D eigenvalue weighted by Crippen LogP contribution is -2.31. The van der Waals surface area contributed by atoms with Crippen LogP contribution in [0.5, 0.6) is 0 Å². The first-order chi connectivity index (χ1) is 12.1. The highest BCUT2D eigenvalue weighted by Gasteiger charge is 2.12. The third-order valence-electron chi connectivity index (χ3n) is 3.79. The van der Waals surface area contributed by atoms with Crippen LogP contribution < -0.4 is 11.0 Å². The summed E-state index contributed by atoms with van der Waals surface area (Å²) in [6, 6.07) is 16.1. The van der Waals surface area contributed by atoms with Gasteiger partial charge in [0.2, 0.25) is 0 Å². The molecule has 2 aromatic carbocycles. The van der Waals surface area contributed by atoms with Crippen molar-refractivity contribution in [3.63, 3.8) is 0 Å². The van der Waals surface area contributed by atoms with Gasteiger partial charge in [-0.05, 0) is 24.3 Å². The van der Waals surface area contributed by atoms with E-state index >= 15 is 0 Å². The van der Waals surface area contributed by atoms with Crippen LogP contribution in [-0.2, 0) is 13.6 Å². The number of carbonyl (C=O) groups excluding carboxylic acids is 1. The molecule has 128 valence electrons. The quantitative estimate of drug-likeness (QED) is 0.762. The molecule has 0 aliphatic rings. The zero-order valence-corrected chi connectivity index (χ0v) is 14.4. The maximum atomic E-state index is 12.3. The van der Waals surface area contributed by atoms with Crippen LogP contribution in [0.15, 0.2) is 59.4 Å². The highest BCUT2D eigenvalue weighted by atomic mass is 35.5. The van der Waals surface area contributed by atoms with Crippen LogP contribution in [0, 0.1) is 0 Å². The third kappa shape index (κ3) is 3.80. The van der Waals surface area contributed by atoms with Gasteiger partial charge in [0.25, 0.3) is 5.91 Å². The van der Waals surface area contributed by atoms with E-state index in [1.807, 2.05) is 30.3 Å². The van der Waals surface area contributed by atoms with Crippen LogP contribution in [0.1, 0.15) is 10.4 Å². The van der Waals surface area contributed by atoms with Crippen LogP contribution in [0.3, 0.4) is 0 Å². The van der Waals surface area contributed by atoms with E-state index in [-0.39, 0.29) is 11.6 Å². The van der Waals surface area contributed by atoms with E-state index < -0.39 is 0 Å². The Kier molecular flexibility index (Phi) is 5.00. The molecular formula is C18H17ClN4O2. The van der Waals surface area contributed by atoms with Crippen molar-refractivity contribution in [3.05, 3.63) is 75.7 Å². The van der Waals surface area contributed by atoms with Crippen molar-refractivity contribution in [2.75, 3.05) is 6.54 Å². The fraction of sp³-hybridized carbons (Fsp3) is 0.167. The van der Waals surface area contributed by atoms with Crippen molar-refractivity contribution < 1.29 is 4.79 Å². The third-order valence-corrected chi connectivity index (χ3v) is 4.04. The first-order valence-corrected chi connectivity index (χ1v) is 8.17. The van der Waals surface area contributed by atoms with Crippen LogP contribution in [0.4, 0.5) is 0 Å². The van der Waals surface area contributed by atoms with Gasteiger partial charge in [0.05, 0.1) is 6.54 Å². The summed E-state index contributed by atoms with van der Waals surface area (Å²) in [4.78, 5) is 24.3. The molecule has 25 heavy (non-hydrogen) atoms. The molecule has 1 heterocycles. The standard InChI is InChI=1S/C18H17ClN4O2/c1-22-16(13-5-3-2-4-6-13)21-23(18(22)25)12-11-20-17(24)14-7-9-15(19)10-8-14/h2-10H,11-12H2,1H3,(H,20,24).